The monoisotopic (exact) mass is 534 g/mol. The molecule has 3 unspecified atom stereocenters. The van der Waals surface area contributed by atoms with Crippen molar-refractivity contribution in [3.63, 3.8) is 0 Å². The zero-order valence-electron chi connectivity index (χ0n) is 23.0. The molecule has 212 valence electrons. The number of likely N-dealkylation sites (N-methyl/N-ethyl adjacent to an activating group) is 1. The first-order valence-corrected chi connectivity index (χ1v) is 13.0. The Labute approximate surface area is 224 Å². The van der Waals surface area contributed by atoms with Gasteiger partial charge in [-0.25, -0.2) is 4.79 Å². The molecular weight excluding hydrogens is 492 g/mol. The maximum Gasteiger partial charge on any atom is 0.316 e. The van der Waals surface area contributed by atoms with Gasteiger partial charge in [0.1, 0.15) is 18.1 Å². The number of Topliss-reactive ketones (excluding diaryl/α,β-unsaturated/α-hetero) is 1. The van der Waals surface area contributed by atoms with Gasteiger partial charge in [-0.2, -0.15) is 0 Å². The van der Waals surface area contributed by atoms with Crippen molar-refractivity contribution < 1.29 is 28.8 Å². The van der Waals surface area contributed by atoms with E-state index in [0.29, 0.717) is 32.4 Å². The van der Waals surface area contributed by atoms with Gasteiger partial charge in [0, 0.05) is 20.1 Å². The second-order valence-corrected chi connectivity index (χ2v) is 11.3. The zero-order chi connectivity index (χ0) is 28.8. The molecule has 12 heteroatoms. The van der Waals surface area contributed by atoms with E-state index >= 15 is 0 Å². The van der Waals surface area contributed by atoms with Gasteiger partial charge >= 0.3 is 6.03 Å². The largest absolute Gasteiger partial charge is 0.363 e. The van der Waals surface area contributed by atoms with Crippen LogP contribution in [-0.4, -0.2) is 89.5 Å². The highest BCUT2D eigenvalue weighted by Gasteiger charge is 2.43. The third-order valence-electron chi connectivity index (χ3n) is 6.87. The van der Waals surface area contributed by atoms with E-state index in [4.69, 9.17) is 5.73 Å². The van der Waals surface area contributed by atoms with Gasteiger partial charge in [-0.3, -0.25) is 24.0 Å². The lowest BCUT2D eigenvalue weighted by molar-refractivity contribution is -0.143. The first-order valence-electron chi connectivity index (χ1n) is 13.0. The Morgan fingerprint density at radius 1 is 1.08 bits per heavy atom. The van der Waals surface area contributed by atoms with Crippen molar-refractivity contribution in [1.29, 1.82) is 0 Å². The minimum Gasteiger partial charge on any atom is -0.363 e. The lowest BCUT2D eigenvalue weighted by Crippen LogP contribution is -2.61. The van der Waals surface area contributed by atoms with Crippen LogP contribution in [0.4, 0.5) is 4.79 Å². The molecule has 1 aliphatic heterocycles. The van der Waals surface area contributed by atoms with Crippen LogP contribution in [0, 0.1) is 11.3 Å². The fourth-order valence-electron chi connectivity index (χ4n) is 4.52. The lowest BCUT2D eigenvalue weighted by Gasteiger charge is -2.36. The van der Waals surface area contributed by atoms with Crippen LogP contribution in [0.5, 0.6) is 0 Å². The number of hydrogen-bond donors (Lipinski definition) is 4. The van der Waals surface area contributed by atoms with Crippen molar-refractivity contribution in [2.45, 2.75) is 84.0 Å². The standard InChI is InChI=1S/C26H42N6O6/c1-7-12-31(6)23(36)15(2)28-25(38)30-20(26(3,4)5)24(37)32-13-8-9-18(32)22(35)29-17(14-16-10-11-16)19(33)21(27)34/h7,15-18,20H,1,8-14H2,2-6H3,(H2,27,34)(H,29,35)(H2,28,30,38)/t15?,17?,18-,20?/m0/s1. The van der Waals surface area contributed by atoms with E-state index in [1.807, 2.05) is 0 Å². The normalized spacial score (nSPS) is 19.5. The number of urea groups is 1. The summed E-state index contributed by atoms with van der Waals surface area (Å²) in [5.41, 5.74) is 4.46. The summed E-state index contributed by atoms with van der Waals surface area (Å²) in [6.07, 6.45) is 4.68. The minimum atomic E-state index is -1.11. The molecule has 0 aromatic rings. The Hall–Kier alpha value is -3.44. The third kappa shape index (κ3) is 8.29. The van der Waals surface area contributed by atoms with Gasteiger partial charge in [0.25, 0.3) is 5.91 Å². The number of nitrogens with zero attached hydrogens (tertiary/aromatic N) is 2. The maximum absolute atomic E-state index is 13.6. The topological polar surface area (TPSA) is 171 Å². The van der Waals surface area contributed by atoms with Crippen LogP contribution in [0.25, 0.3) is 0 Å². The number of hydrogen-bond acceptors (Lipinski definition) is 6. The van der Waals surface area contributed by atoms with E-state index in [1.54, 1.807) is 40.8 Å². The summed E-state index contributed by atoms with van der Waals surface area (Å²) in [4.78, 5) is 78.6. The molecule has 1 saturated heterocycles. The van der Waals surface area contributed by atoms with Crippen molar-refractivity contribution in [2.24, 2.45) is 17.1 Å². The van der Waals surface area contributed by atoms with Crippen molar-refractivity contribution in [3.8, 4) is 0 Å². The first-order chi connectivity index (χ1) is 17.7. The molecule has 1 aliphatic carbocycles. The summed E-state index contributed by atoms with van der Waals surface area (Å²) < 4.78 is 0. The van der Waals surface area contributed by atoms with Crippen LogP contribution in [0.1, 0.15) is 59.8 Å². The molecule has 0 spiro atoms. The van der Waals surface area contributed by atoms with E-state index in [9.17, 15) is 28.8 Å². The second-order valence-electron chi connectivity index (χ2n) is 11.3. The number of nitrogens with one attached hydrogen (secondary N) is 3. The maximum atomic E-state index is 13.6. The van der Waals surface area contributed by atoms with E-state index in [0.717, 1.165) is 12.8 Å². The van der Waals surface area contributed by atoms with Crippen molar-refractivity contribution in [2.75, 3.05) is 20.1 Å². The highest BCUT2D eigenvalue weighted by molar-refractivity contribution is 6.37. The number of carbonyl (C=O) groups excluding carboxylic acids is 6. The molecule has 4 atom stereocenters. The van der Waals surface area contributed by atoms with E-state index in [1.165, 1.54) is 9.80 Å². The molecule has 5 N–H and O–H groups in total. The highest BCUT2D eigenvalue weighted by atomic mass is 16.2. The summed E-state index contributed by atoms with van der Waals surface area (Å²) in [5, 5.41) is 7.89. The molecule has 12 nitrogen and oxygen atoms in total. The first kappa shape index (κ1) is 30.8. The van der Waals surface area contributed by atoms with Gasteiger partial charge in [0.2, 0.25) is 23.5 Å². The lowest BCUT2D eigenvalue weighted by atomic mass is 9.85. The van der Waals surface area contributed by atoms with Gasteiger partial charge in [-0.15, -0.1) is 6.58 Å². The number of amides is 6. The molecular formula is C26H42N6O6. The Balaban J connectivity index is 2.11. The Kier molecular flexibility index (Phi) is 10.4. The van der Waals surface area contributed by atoms with Crippen LogP contribution in [0.15, 0.2) is 12.7 Å². The molecule has 1 heterocycles. The quantitative estimate of drug-likeness (QED) is 0.204. The molecule has 2 fully saturated rings. The molecule has 1 saturated carbocycles. The average molecular weight is 535 g/mol. The zero-order valence-corrected chi connectivity index (χ0v) is 23.0. The van der Waals surface area contributed by atoms with Crippen molar-refractivity contribution >= 4 is 35.4 Å². The van der Waals surface area contributed by atoms with E-state index in [2.05, 4.69) is 22.5 Å². The van der Waals surface area contributed by atoms with Gasteiger partial charge in [-0.1, -0.05) is 39.7 Å². The summed E-state index contributed by atoms with van der Waals surface area (Å²) in [7, 11) is 1.59. The number of nitrogens with two attached hydrogens (primary N) is 1. The van der Waals surface area contributed by atoms with Crippen LogP contribution >= 0.6 is 0 Å². The summed E-state index contributed by atoms with van der Waals surface area (Å²) in [6.45, 7) is 11.1. The fraction of sp³-hybridized carbons (Fsp3) is 0.692. The molecule has 2 aliphatic rings. The summed E-state index contributed by atoms with van der Waals surface area (Å²) in [5.74, 6) is -3.01. The molecule has 0 radical (unpaired) electrons. The predicted octanol–water partition coefficient (Wildman–Crippen LogP) is 0.0635. The van der Waals surface area contributed by atoms with Gasteiger partial charge in [-0.05, 0) is 37.5 Å². The van der Waals surface area contributed by atoms with Gasteiger partial charge in [0.15, 0.2) is 0 Å². The third-order valence-corrected chi connectivity index (χ3v) is 6.87. The van der Waals surface area contributed by atoms with Crippen molar-refractivity contribution in [3.05, 3.63) is 12.7 Å². The van der Waals surface area contributed by atoms with E-state index < -0.39 is 59.1 Å². The fourth-order valence-corrected chi connectivity index (χ4v) is 4.52. The van der Waals surface area contributed by atoms with Gasteiger partial charge in [0.05, 0.1) is 6.04 Å². The molecule has 0 aromatic heterocycles. The Morgan fingerprint density at radius 3 is 2.24 bits per heavy atom. The molecule has 0 aromatic carbocycles. The number of carbonyl (C=O) groups is 6. The number of primary amides is 1. The molecule has 0 bridgehead atoms. The van der Waals surface area contributed by atoms with Crippen LogP contribution in [-0.2, 0) is 24.0 Å². The Bertz CT molecular complexity index is 956. The van der Waals surface area contributed by atoms with Crippen LogP contribution in [0.2, 0.25) is 0 Å². The minimum absolute atomic E-state index is 0.253. The second kappa shape index (κ2) is 12.9. The summed E-state index contributed by atoms with van der Waals surface area (Å²) >= 11 is 0. The number of likely N-dealkylation sites (tertiary alicyclic amines) is 1. The average Bonchev–Trinajstić information content (AvgIpc) is 3.51. The van der Waals surface area contributed by atoms with Crippen LogP contribution in [0.3, 0.4) is 0 Å². The SMILES string of the molecule is C=CCN(C)C(=O)C(C)NC(=O)NC(C(=O)N1CCC[C@H]1C(=O)NC(CC1CC1)C(=O)C(N)=O)C(C)(C)C. The highest BCUT2D eigenvalue weighted by Crippen LogP contribution is 2.34. The molecule has 6 amide bonds. The number of rotatable bonds is 12. The molecule has 38 heavy (non-hydrogen) atoms. The van der Waals surface area contributed by atoms with Gasteiger partial charge < -0.3 is 31.5 Å². The van der Waals surface area contributed by atoms with E-state index in [-0.39, 0.29) is 11.8 Å². The smallest absolute Gasteiger partial charge is 0.316 e. The predicted molar refractivity (Wildman–Crippen MR) is 140 cm³/mol. The molecule has 2 rings (SSSR count). The van der Waals surface area contributed by atoms with Crippen LogP contribution < -0.4 is 21.7 Å². The number of ketones is 1. The Morgan fingerprint density at radius 2 is 1.71 bits per heavy atom. The van der Waals surface area contributed by atoms with Crippen molar-refractivity contribution in [1.82, 2.24) is 25.8 Å². The summed E-state index contributed by atoms with van der Waals surface area (Å²) in [6, 6.07) is -4.41.